The van der Waals surface area contributed by atoms with E-state index in [4.69, 9.17) is 4.74 Å². The Morgan fingerprint density at radius 2 is 1.61 bits per heavy atom. The van der Waals surface area contributed by atoms with Gasteiger partial charge in [-0.05, 0) is 55.0 Å². The summed E-state index contributed by atoms with van der Waals surface area (Å²) in [6.45, 7) is 1.55. The molecule has 0 aliphatic carbocycles. The first-order chi connectivity index (χ1) is 13.8. The van der Waals surface area contributed by atoms with Gasteiger partial charge >= 0.3 is 0 Å². The molecule has 3 aromatic rings. The summed E-state index contributed by atoms with van der Waals surface area (Å²) in [5, 5.41) is 0. The second-order valence-electron chi connectivity index (χ2n) is 7.20. The number of rotatable bonds is 5. The standard InChI is InChI=1S/C24H24N2O2/c27-24(22-12-7-15-25-23(22)28-21-10-5-2-6-11-21)26-16-13-20(14-17-26)18-19-8-3-1-4-9-19/h1-12,15,20H,13-14,16-18H2. The van der Waals surface area contributed by atoms with Crippen molar-refractivity contribution < 1.29 is 9.53 Å². The van der Waals surface area contributed by atoms with Crippen LogP contribution < -0.4 is 4.74 Å². The first-order valence-electron chi connectivity index (χ1n) is 9.81. The molecule has 0 bridgehead atoms. The molecule has 1 aromatic heterocycles. The summed E-state index contributed by atoms with van der Waals surface area (Å²) in [7, 11) is 0. The zero-order chi connectivity index (χ0) is 19.2. The van der Waals surface area contributed by atoms with Gasteiger partial charge in [-0.3, -0.25) is 4.79 Å². The van der Waals surface area contributed by atoms with Crippen LogP contribution in [0.15, 0.2) is 79.0 Å². The van der Waals surface area contributed by atoms with Crippen LogP contribution in [0.4, 0.5) is 0 Å². The summed E-state index contributed by atoms with van der Waals surface area (Å²) in [5.74, 6) is 1.67. The van der Waals surface area contributed by atoms with Crippen LogP contribution in [-0.2, 0) is 6.42 Å². The van der Waals surface area contributed by atoms with Crippen molar-refractivity contribution in [3.8, 4) is 11.6 Å². The predicted molar refractivity (Wildman–Crippen MR) is 110 cm³/mol. The van der Waals surface area contributed by atoms with Crippen LogP contribution in [0.5, 0.6) is 11.6 Å². The highest BCUT2D eigenvalue weighted by atomic mass is 16.5. The first-order valence-corrected chi connectivity index (χ1v) is 9.81. The number of nitrogens with zero attached hydrogens (tertiary/aromatic N) is 2. The number of hydrogen-bond acceptors (Lipinski definition) is 3. The Morgan fingerprint density at radius 1 is 0.929 bits per heavy atom. The normalized spacial score (nSPS) is 14.6. The minimum atomic E-state index is -0.00260. The van der Waals surface area contributed by atoms with E-state index in [0.29, 0.717) is 23.1 Å². The summed E-state index contributed by atoms with van der Waals surface area (Å²) >= 11 is 0. The third-order valence-electron chi connectivity index (χ3n) is 5.23. The Morgan fingerprint density at radius 3 is 2.32 bits per heavy atom. The van der Waals surface area contributed by atoms with Gasteiger partial charge < -0.3 is 9.64 Å². The van der Waals surface area contributed by atoms with Crippen molar-refractivity contribution >= 4 is 5.91 Å². The number of aromatic nitrogens is 1. The number of para-hydroxylation sites is 1. The number of likely N-dealkylation sites (tertiary alicyclic amines) is 1. The van der Waals surface area contributed by atoms with E-state index in [1.165, 1.54) is 5.56 Å². The lowest BCUT2D eigenvalue weighted by Gasteiger charge is -2.32. The van der Waals surface area contributed by atoms with Crippen LogP contribution >= 0.6 is 0 Å². The van der Waals surface area contributed by atoms with Crippen LogP contribution in [0.2, 0.25) is 0 Å². The summed E-state index contributed by atoms with van der Waals surface area (Å²) in [5.41, 5.74) is 1.89. The number of hydrogen-bond donors (Lipinski definition) is 0. The highest BCUT2D eigenvalue weighted by Gasteiger charge is 2.26. The van der Waals surface area contributed by atoms with Gasteiger partial charge in [0.05, 0.1) is 0 Å². The molecule has 0 atom stereocenters. The molecule has 4 heteroatoms. The minimum Gasteiger partial charge on any atom is -0.438 e. The second-order valence-corrected chi connectivity index (χ2v) is 7.20. The smallest absolute Gasteiger partial charge is 0.259 e. The van der Waals surface area contributed by atoms with Gasteiger partial charge in [-0.25, -0.2) is 4.98 Å². The zero-order valence-corrected chi connectivity index (χ0v) is 15.8. The van der Waals surface area contributed by atoms with E-state index in [1.54, 1.807) is 18.3 Å². The van der Waals surface area contributed by atoms with Crippen molar-refractivity contribution in [3.63, 3.8) is 0 Å². The molecule has 28 heavy (non-hydrogen) atoms. The molecule has 1 aliphatic heterocycles. The SMILES string of the molecule is O=C(c1cccnc1Oc1ccccc1)N1CCC(Cc2ccccc2)CC1. The molecule has 0 unspecified atom stereocenters. The molecular formula is C24H24N2O2. The first kappa shape index (κ1) is 18.2. The third-order valence-corrected chi connectivity index (χ3v) is 5.23. The summed E-state index contributed by atoms with van der Waals surface area (Å²) < 4.78 is 5.86. The molecule has 1 saturated heterocycles. The fraction of sp³-hybridized carbons (Fsp3) is 0.250. The van der Waals surface area contributed by atoms with E-state index in [0.717, 1.165) is 32.4 Å². The minimum absolute atomic E-state index is 0.00260. The quantitative estimate of drug-likeness (QED) is 0.635. The average Bonchev–Trinajstić information content (AvgIpc) is 2.76. The van der Waals surface area contributed by atoms with E-state index in [9.17, 15) is 4.79 Å². The Hall–Kier alpha value is -3.14. The molecule has 0 radical (unpaired) electrons. The number of carbonyl (C=O) groups excluding carboxylic acids is 1. The van der Waals surface area contributed by atoms with Gasteiger partial charge in [0.2, 0.25) is 5.88 Å². The Balaban J connectivity index is 1.40. The van der Waals surface area contributed by atoms with Gasteiger partial charge in [-0.1, -0.05) is 48.5 Å². The van der Waals surface area contributed by atoms with Gasteiger partial charge in [0, 0.05) is 19.3 Å². The molecule has 1 aliphatic rings. The Labute approximate surface area is 165 Å². The maximum absolute atomic E-state index is 13.1. The lowest BCUT2D eigenvalue weighted by molar-refractivity contribution is 0.0687. The summed E-state index contributed by atoms with van der Waals surface area (Å²) in [4.78, 5) is 19.3. The molecule has 0 spiro atoms. The van der Waals surface area contributed by atoms with Crippen molar-refractivity contribution in [2.24, 2.45) is 5.92 Å². The van der Waals surface area contributed by atoms with Crippen LogP contribution in [0.1, 0.15) is 28.8 Å². The lowest BCUT2D eigenvalue weighted by Crippen LogP contribution is -2.39. The number of pyridine rings is 1. The van der Waals surface area contributed by atoms with Crippen LogP contribution in [0.25, 0.3) is 0 Å². The molecule has 4 nitrogen and oxygen atoms in total. The van der Waals surface area contributed by atoms with E-state index in [-0.39, 0.29) is 5.91 Å². The molecule has 0 N–H and O–H groups in total. The van der Waals surface area contributed by atoms with Crippen LogP contribution in [-0.4, -0.2) is 28.9 Å². The van der Waals surface area contributed by atoms with Gasteiger partial charge in [0.15, 0.2) is 0 Å². The fourth-order valence-electron chi connectivity index (χ4n) is 3.69. The largest absolute Gasteiger partial charge is 0.438 e. The lowest BCUT2D eigenvalue weighted by atomic mass is 9.90. The van der Waals surface area contributed by atoms with Crippen molar-refractivity contribution in [1.29, 1.82) is 0 Å². The van der Waals surface area contributed by atoms with Crippen molar-refractivity contribution in [2.45, 2.75) is 19.3 Å². The Kier molecular flexibility index (Phi) is 5.66. The van der Waals surface area contributed by atoms with Crippen molar-refractivity contribution in [3.05, 3.63) is 90.1 Å². The van der Waals surface area contributed by atoms with Gasteiger partial charge in [0.1, 0.15) is 11.3 Å². The molecule has 1 amide bonds. The number of benzene rings is 2. The summed E-state index contributed by atoms with van der Waals surface area (Å²) in [6.07, 6.45) is 4.78. The maximum Gasteiger partial charge on any atom is 0.259 e. The molecule has 142 valence electrons. The fourth-order valence-corrected chi connectivity index (χ4v) is 3.69. The number of amides is 1. The van der Waals surface area contributed by atoms with Crippen LogP contribution in [0, 0.1) is 5.92 Å². The number of ether oxygens (including phenoxy) is 1. The molecule has 2 heterocycles. The monoisotopic (exact) mass is 372 g/mol. The highest BCUT2D eigenvalue weighted by molar-refractivity contribution is 5.96. The van der Waals surface area contributed by atoms with E-state index in [1.807, 2.05) is 41.3 Å². The van der Waals surface area contributed by atoms with Crippen molar-refractivity contribution in [2.75, 3.05) is 13.1 Å². The molecule has 0 saturated carbocycles. The Bertz CT molecular complexity index is 904. The van der Waals surface area contributed by atoms with Gasteiger partial charge in [-0.2, -0.15) is 0 Å². The molecule has 4 rings (SSSR count). The van der Waals surface area contributed by atoms with E-state index >= 15 is 0 Å². The molecule has 2 aromatic carbocycles. The second kappa shape index (κ2) is 8.70. The highest BCUT2D eigenvalue weighted by Crippen LogP contribution is 2.27. The topological polar surface area (TPSA) is 42.4 Å². The van der Waals surface area contributed by atoms with Gasteiger partial charge in [0.25, 0.3) is 5.91 Å². The van der Waals surface area contributed by atoms with Gasteiger partial charge in [-0.15, -0.1) is 0 Å². The maximum atomic E-state index is 13.1. The average molecular weight is 372 g/mol. The number of carbonyl (C=O) groups is 1. The third kappa shape index (κ3) is 4.39. The van der Waals surface area contributed by atoms with E-state index in [2.05, 4.69) is 29.2 Å². The van der Waals surface area contributed by atoms with Crippen molar-refractivity contribution in [1.82, 2.24) is 9.88 Å². The van der Waals surface area contributed by atoms with E-state index < -0.39 is 0 Å². The predicted octanol–water partition coefficient (Wildman–Crippen LogP) is 4.97. The zero-order valence-electron chi connectivity index (χ0n) is 15.8. The molecule has 1 fully saturated rings. The molecular weight excluding hydrogens is 348 g/mol. The van der Waals surface area contributed by atoms with Crippen LogP contribution in [0.3, 0.4) is 0 Å². The number of piperidine rings is 1. The summed E-state index contributed by atoms with van der Waals surface area (Å²) in [6, 6.07) is 23.6.